The average Bonchev–Trinajstić information content (AvgIpc) is 2.48. The Hall–Kier alpha value is -1.63. The van der Waals surface area contributed by atoms with Gasteiger partial charge in [0.05, 0.1) is 5.69 Å². The molecule has 0 aliphatic rings. The molecule has 106 valence electrons. The lowest BCUT2D eigenvalue weighted by Crippen LogP contribution is -1.92. The van der Waals surface area contributed by atoms with Gasteiger partial charge in [0.25, 0.3) is 0 Å². The molecule has 0 spiro atoms. The van der Waals surface area contributed by atoms with E-state index in [4.69, 9.17) is 0 Å². The molecule has 0 unspecified atom stereocenters. The van der Waals surface area contributed by atoms with Crippen molar-refractivity contribution in [3.8, 4) is 11.3 Å². The Balaban J connectivity index is 2.24. The van der Waals surface area contributed by atoms with Gasteiger partial charge >= 0.3 is 0 Å². The van der Waals surface area contributed by atoms with E-state index < -0.39 is 0 Å². The monoisotopic (exact) mass is 267 g/mol. The standard InChI is InChI=1S/C19H25N/c1-4-6-8-16-11-12-20-19(14-16)18-10-9-17(7-5-2)15(3)13-18/h9-14H,4-8H2,1-3H3. The predicted octanol–water partition coefficient (Wildman–Crippen LogP) is 5.35. The Kier molecular flexibility index (Phi) is 5.34. The molecule has 0 fully saturated rings. The maximum Gasteiger partial charge on any atom is 0.0704 e. The molecule has 0 saturated heterocycles. The molecule has 0 aliphatic heterocycles. The molecule has 1 heteroatoms. The Morgan fingerprint density at radius 3 is 2.50 bits per heavy atom. The molecule has 0 atom stereocenters. The summed E-state index contributed by atoms with van der Waals surface area (Å²) >= 11 is 0. The second-order valence-corrected chi connectivity index (χ2v) is 5.54. The quantitative estimate of drug-likeness (QED) is 0.687. The Morgan fingerprint density at radius 2 is 1.80 bits per heavy atom. The first-order valence-corrected chi connectivity index (χ1v) is 7.79. The van der Waals surface area contributed by atoms with E-state index in [1.807, 2.05) is 6.20 Å². The first-order chi connectivity index (χ1) is 9.74. The van der Waals surface area contributed by atoms with Crippen molar-refractivity contribution in [2.45, 2.75) is 52.9 Å². The molecule has 0 radical (unpaired) electrons. The van der Waals surface area contributed by atoms with Gasteiger partial charge in [-0.3, -0.25) is 4.98 Å². The van der Waals surface area contributed by atoms with Gasteiger partial charge < -0.3 is 0 Å². The Bertz CT molecular complexity index is 557. The molecular weight excluding hydrogens is 242 g/mol. The van der Waals surface area contributed by atoms with Crippen LogP contribution in [0.1, 0.15) is 49.8 Å². The van der Waals surface area contributed by atoms with Crippen LogP contribution >= 0.6 is 0 Å². The molecule has 1 heterocycles. The number of rotatable bonds is 6. The predicted molar refractivity (Wildman–Crippen MR) is 87.0 cm³/mol. The topological polar surface area (TPSA) is 12.9 Å². The number of aryl methyl sites for hydroxylation is 3. The number of nitrogens with zero attached hydrogens (tertiary/aromatic N) is 1. The number of aromatic nitrogens is 1. The fourth-order valence-corrected chi connectivity index (χ4v) is 2.57. The first kappa shape index (κ1) is 14.8. The van der Waals surface area contributed by atoms with E-state index in [0.717, 1.165) is 18.5 Å². The van der Waals surface area contributed by atoms with Crippen molar-refractivity contribution in [3.05, 3.63) is 53.2 Å². The Morgan fingerprint density at radius 1 is 0.950 bits per heavy atom. The highest BCUT2D eigenvalue weighted by molar-refractivity contribution is 5.61. The summed E-state index contributed by atoms with van der Waals surface area (Å²) in [6, 6.07) is 11.1. The van der Waals surface area contributed by atoms with Crippen molar-refractivity contribution in [1.29, 1.82) is 0 Å². The number of hydrogen-bond acceptors (Lipinski definition) is 1. The SMILES string of the molecule is CCCCc1ccnc(-c2ccc(CCC)c(C)c2)c1. The summed E-state index contributed by atoms with van der Waals surface area (Å²) in [5, 5.41) is 0. The third-order valence-electron chi connectivity index (χ3n) is 3.80. The highest BCUT2D eigenvalue weighted by atomic mass is 14.7. The van der Waals surface area contributed by atoms with E-state index in [2.05, 4.69) is 56.1 Å². The number of benzene rings is 1. The van der Waals surface area contributed by atoms with Gasteiger partial charge in [-0.25, -0.2) is 0 Å². The van der Waals surface area contributed by atoms with E-state index in [0.29, 0.717) is 0 Å². The highest BCUT2D eigenvalue weighted by Crippen LogP contribution is 2.22. The fourth-order valence-electron chi connectivity index (χ4n) is 2.57. The van der Waals surface area contributed by atoms with Crippen molar-refractivity contribution in [2.75, 3.05) is 0 Å². The van der Waals surface area contributed by atoms with Crippen molar-refractivity contribution < 1.29 is 0 Å². The maximum absolute atomic E-state index is 4.53. The largest absolute Gasteiger partial charge is 0.256 e. The maximum atomic E-state index is 4.53. The zero-order valence-electron chi connectivity index (χ0n) is 12.9. The molecule has 2 aromatic rings. The molecule has 0 saturated carbocycles. The molecule has 0 bridgehead atoms. The van der Waals surface area contributed by atoms with Gasteiger partial charge in [-0.15, -0.1) is 0 Å². The van der Waals surface area contributed by atoms with Gasteiger partial charge in [0.15, 0.2) is 0 Å². The fraction of sp³-hybridized carbons (Fsp3) is 0.421. The van der Waals surface area contributed by atoms with Crippen LogP contribution in [0, 0.1) is 6.92 Å². The Labute approximate surface area is 123 Å². The first-order valence-electron chi connectivity index (χ1n) is 7.79. The summed E-state index contributed by atoms with van der Waals surface area (Å²) in [6.07, 6.45) is 7.94. The van der Waals surface area contributed by atoms with Crippen LogP contribution in [0.25, 0.3) is 11.3 Å². The minimum absolute atomic E-state index is 1.10. The number of hydrogen-bond donors (Lipinski definition) is 0. The normalized spacial score (nSPS) is 10.8. The van der Waals surface area contributed by atoms with Gasteiger partial charge in [-0.05, 0) is 61.1 Å². The van der Waals surface area contributed by atoms with E-state index in [9.17, 15) is 0 Å². The summed E-state index contributed by atoms with van der Waals surface area (Å²) in [6.45, 7) is 6.67. The smallest absolute Gasteiger partial charge is 0.0704 e. The summed E-state index contributed by atoms with van der Waals surface area (Å²) in [5.74, 6) is 0. The molecule has 1 aromatic carbocycles. The molecule has 1 nitrogen and oxygen atoms in total. The van der Waals surface area contributed by atoms with Crippen LogP contribution in [0.2, 0.25) is 0 Å². The van der Waals surface area contributed by atoms with Crippen LogP contribution in [0.5, 0.6) is 0 Å². The lowest BCUT2D eigenvalue weighted by Gasteiger charge is -2.09. The van der Waals surface area contributed by atoms with Crippen LogP contribution in [0.3, 0.4) is 0 Å². The molecule has 0 aliphatic carbocycles. The molecule has 0 amide bonds. The lowest BCUT2D eigenvalue weighted by atomic mass is 9.99. The summed E-state index contributed by atoms with van der Waals surface area (Å²) in [7, 11) is 0. The summed E-state index contributed by atoms with van der Waals surface area (Å²) in [4.78, 5) is 4.53. The van der Waals surface area contributed by atoms with Crippen molar-refractivity contribution in [1.82, 2.24) is 4.98 Å². The average molecular weight is 267 g/mol. The molecular formula is C19H25N. The van der Waals surface area contributed by atoms with Crippen LogP contribution in [0.15, 0.2) is 36.5 Å². The van der Waals surface area contributed by atoms with Gasteiger partial charge in [0, 0.05) is 11.8 Å². The summed E-state index contributed by atoms with van der Waals surface area (Å²) in [5.41, 5.74) is 6.57. The number of unbranched alkanes of at least 4 members (excludes halogenated alkanes) is 1. The van der Waals surface area contributed by atoms with Gasteiger partial charge in [-0.1, -0.05) is 38.8 Å². The zero-order valence-corrected chi connectivity index (χ0v) is 12.9. The van der Waals surface area contributed by atoms with Crippen molar-refractivity contribution in [2.24, 2.45) is 0 Å². The second kappa shape index (κ2) is 7.23. The minimum Gasteiger partial charge on any atom is -0.256 e. The molecule has 1 aromatic heterocycles. The van der Waals surface area contributed by atoms with Crippen LogP contribution < -0.4 is 0 Å². The van der Waals surface area contributed by atoms with Crippen LogP contribution in [0.4, 0.5) is 0 Å². The van der Waals surface area contributed by atoms with E-state index in [1.54, 1.807) is 0 Å². The zero-order chi connectivity index (χ0) is 14.4. The summed E-state index contributed by atoms with van der Waals surface area (Å²) < 4.78 is 0. The van der Waals surface area contributed by atoms with Gasteiger partial charge in [0.2, 0.25) is 0 Å². The van der Waals surface area contributed by atoms with E-state index >= 15 is 0 Å². The number of pyridine rings is 1. The third kappa shape index (κ3) is 3.69. The molecule has 20 heavy (non-hydrogen) atoms. The lowest BCUT2D eigenvalue weighted by molar-refractivity contribution is 0.794. The van der Waals surface area contributed by atoms with Gasteiger partial charge in [0.1, 0.15) is 0 Å². The van der Waals surface area contributed by atoms with Crippen LogP contribution in [-0.4, -0.2) is 4.98 Å². The molecule has 0 N–H and O–H groups in total. The second-order valence-electron chi connectivity index (χ2n) is 5.54. The van der Waals surface area contributed by atoms with E-state index in [-0.39, 0.29) is 0 Å². The van der Waals surface area contributed by atoms with Crippen LogP contribution in [-0.2, 0) is 12.8 Å². The van der Waals surface area contributed by atoms with Crippen molar-refractivity contribution >= 4 is 0 Å². The highest BCUT2D eigenvalue weighted by Gasteiger charge is 2.04. The van der Waals surface area contributed by atoms with Gasteiger partial charge in [-0.2, -0.15) is 0 Å². The third-order valence-corrected chi connectivity index (χ3v) is 3.80. The minimum atomic E-state index is 1.10. The van der Waals surface area contributed by atoms with Crippen molar-refractivity contribution in [3.63, 3.8) is 0 Å². The molecule has 2 rings (SSSR count). The van der Waals surface area contributed by atoms with E-state index in [1.165, 1.54) is 41.5 Å².